The fraction of sp³-hybridized carbons (Fsp3) is 0.591. The Kier molecular flexibility index (Phi) is 5.64. The summed E-state index contributed by atoms with van der Waals surface area (Å²) in [4.78, 5) is 33.5. The molecule has 2 aliphatic heterocycles. The maximum Gasteiger partial charge on any atom is 0.257 e. The van der Waals surface area contributed by atoms with Gasteiger partial charge in [-0.3, -0.25) is 9.59 Å². The van der Waals surface area contributed by atoms with Crippen LogP contribution in [0.3, 0.4) is 0 Å². The smallest absolute Gasteiger partial charge is 0.257 e. The Labute approximate surface area is 166 Å². The van der Waals surface area contributed by atoms with Crippen molar-refractivity contribution in [2.45, 2.75) is 50.9 Å². The molecule has 0 bridgehead atoms. The van der Waals surface area contributed by atoms with Crippen molar-refractivity contribution in [3.05, 3.63) is 35.5 Å². The highest BCUT2D eigenvalue weighted by molar-refractivity contribution is 5.98. The van der Waals surface area contributed by atoms with Crippen LogP contribution in [0, 0.1) is 5.92 Å². The van der Waals surface area contributed by atoms with Crippen LogP contribution in [0.1, 0.15) is 66.9 Å². The Hall–Kier alpha value is -2.37. The number of hydrogen-bond acceptors (Lipinski definition) is 4. The summed E-state index contributed by atoms with van der Waals surface area (Å²) in [6.45, 7) is 3.16. The summed E-state index contributed by atoms with van der Waals surface area (Å²) in [7, 11) is 0. The van der Waals surface area contributed by atoms with Gasteiger partial charge in [0.2, 0.25) is 5.91 Å². The van der Waals surface area contributed by atoms with Gasteiger partial charge in [-0.1, -0.05) is 12.2 Å². The van der Waals surface area contributed by atoms with Gasteiger partial charge >= 0.3 is 0 Å². The van der Waals surface area contributed by atoms with Gasteiger partial charge in [-0.15, -0.1) is 0 Å². The Balaban J connectivity index is 1.34. The molecule has 3 heterocycles. The van der Waals surface area contributed by atoms with Crippen LogP contribution < -0.4 is 5.73 Å². The first-order valence-corrected chi connectivity index (χ1v) is 10.6. The number of hydrogen-bond donors (Lipinski definition) is 1. The molecule has 0 aromatic carbocycles. The SMILES string of the molecule is Nc1nc(C2CCN(C(=O)C[C@H]3C=CCC3)CC2)ccc1C(=O)N1CCCC1. The molecule has 1 aromatic rings. The summed E-state index contributed by atoms with van der Waals surface area (Å²) in [6.07, 6.45) is 11.1. The van der Waals surface area contributed by atoms with E-state index in [9.17, 15) is 9.59 Å². The lowest BCUT2D eigenvalue weighted by Crippen LogP contribution is -2.38. The Morgan fingerprint density at radius 1 is 1.04 bits per heavy atom. The second kappa shape index (κ2) is 8.33. The molecule has 0 radical (unpaired) electrons. The van der Waals surface area contributed by atoms with Gasteiger partial charge < -0.3 is 15.5 Å². The summed E-state index contributed by atoms with van der Waals surface area (Å²) in [6, 6.07) is 3.79. The van der Waals surface area contributed by atoms with E-state index in [0.29, 0.717) is 29.6 Å². The molecular formula is C22H30N4O2. The van der Waals surface area contributed by atoms with Gasteiger partial charge in [0.15, 0.2) is 0 Å². The summed E-state index contributed by atoms with van der Waals surface area (Å²) in [5.74, 6) is 1.33. The number of carbonyl (C=O) groups excluding carboxylic acids is 2. The van der Waals surface area contributed by atoms with Crippen molar-refractivity contribution < 1.29 is 9.59 Å². The number of pyridine rings is 1. The van der Waals surface area contributed by atoms with E-state index in [1.165, 1.54) is 0 Å². The number of carbonyl (C=O) groups is 2. The second-order valence-electron chi connectivity index (χ2n) is 8.29. The number of likely N-dealkylation sites (tertiary alicyclic amines) is 2. The molecule has 0 saturated carbocycles. The largest absolute Gasteiger partial charge is 0.383 e. The zero-order valence-corrected chi connectivity index (χ0v) is 16.5. The van der Waals surface area contributed by atoms with Crippen molar-refractivity contribution in [2.24, 2.45) is 5.92 Å². The Morgan fingerprint density at radius 3 is 2.43 bits per heavy atom. The lowest BCUT2D eigenvalue weighted by atomic mass is 9.92. The fourth-order valence-corrected chi connectivity index (χ4v) is 4.63. The second-order valence-corrected chi connectivity index (χ2v) is 8.29. The first kappa shape index (κ1) is 19.0. The molecule has 2 N–H and O–H groups in total. The van der Waals surface area contributed by atoms with Crippen molar-refractivity contribution in [1.29, 1.82) is 0 Å². The molecule has 1 aliphatic carbocycles. The molecule has 0 unspecified atom stereocenters. The van der Waals surface area contributed by atoms with Gasteiger partial charge in [0, 0.05) is 44.2 Å². The van der Waals surface area contributed by atoms with Crippen LogP contribution in [0.5, 0.6) is 0 Å². The van der Waals surface area contributed by atoms with E-state index >= 15 is 0 Å². The predicted octanol–water partition coefficient (Wildman–Crippen LogP) is 2.96. The number of nitrogens with two attached hydrogens (primary N) is 1. The van der Waals surface area contributed by atoms with Crippen molar-refractivity contribution in [1.82, 2.24) is 14.8 Å². The number of nitrogens with zero attached hydrogens (tertiary/aromatic N) is 3. The number of amides is 2. The minimum atomic E-state index is -0.00423. The van der Waals surface area contributed by atoms with Crippen LogP contribution in [0.25, 0.3) is 0 Å². The molecule has 2 amide bonds. The van der Waals surface area contributed by atoms with E-state index in [1.807, 2.05) is 21.9 Å². The summed E-state index contributed by atoms with van der Waals surface area (Å²) in [5, 5.41) is 0. The Bertz CT molecular complexity index is 762. The molecule has 1 aromatic heterocycles. The highest BCUT2D eigenvalue weighted by Gasteiger charge is 2.27. The number of allylic oxidation sites excluding steroid dienone is 2. The van der Waals surface area contributed by atoms with Crippen molar-refractivity contribution >= 4 is 17.6 Å². The normalized spacial score (nSPS) is 22.8. The molecule has 28 heavy (non-hydrogen) atoms. The minimum Gasteiger partial charge on any atom is -0.383 e. The lowest BCUT2D eigenvalue weighted by molar-refractivity contribution is -0.132. The average Bonchev–Trinajstić information content (AvgIpc) is 3.42. The number of anilines is 1. The predicted molar refractivity (Wildman–Crippen MR) is 109 cm³/mol. The van der Waals surface area contributed by atoms with E-state index in [4.69, 9.17) is 5.73 Å². The van der Waals surface area contributed by atoms with E-state index in [-0.39, 0.29) is 11.8 Å². The zero-order chi connectivity index (χ0) is 19.5. The maximum atomic E-state index is 12.6. The third-order valence-corrected chi connectivity index (χ3v) is 6.39. The van der Waals surface area contributed by atoms with Gasteiger partial charge in [-0.25, -0.2) is 4.98 Å². The van der Waals surface area contributed by atoms with Gasteiger partial charge in [0.1, 0.15) is 5.82 Å². The van der Waals surface area contributed by atoms with Crippen molar-refractivity contribution in [3.63, 3.8) is 0 Å². The van der Waals surface area contributed by atoms with Crippen molar-refractivity contribution in [3.8, 4) is 0 Å². The topological polar surface area (TPSA) is 79.5 Å². The molecule has 0 spiro atoms. The first-order valence-electron chi connectivity index (χ1n) is 10.6. The number of aromatic nitrogens is 1. The first-order chi connectivity index (χ1) is 13.6. The van der Waals surface area contributed by atoms with Crippen molar-refractivity contribution in [2.75, 3.05) is 31.9 Å². The number of piperidine rings is 1. The zero-order valence-electron chi connectivity index (χ0n) is 16.5. The molecular weight excluding hydrogens is 352 g/mol. The molecule has 1 atom stereocenters. The molecule has 4 rings (SSSR count). The summed E-state index contributed by atoms with van der Waals surface area (Å²) >= 11 is 0. The number of rotatable bonds is 4. The van der Waals surface area contributed by atoms with Gasteiger partial charge in [-0.05, 0) is 56.6 Å². The van der Waals surface area contributed by atoms with Gasteiger partial charge in [0.25, 0.3) is 5.91 Å². The third-order valence-electron chi connectivity index (χ3n) is 6.39. The molecule has 6 nitrogen and oxygen atoms in total. The fourth-order valence-electron chi connectivity index (χ4n) is 4.63. The lowest BCUT2D eigenvalue weighted by Gasteiger charge is -2.32. The molecule has 6 heteroatoms. The van der Waals surface area contributed by atoms with E-state index < -0.39 is 0 Å². The quantitative estimate of drug-likeness (QED) is 0.812. The van der Waals surface area contributed by atoms with Crippen LogP contribution in [0.15, 0.2) is 24.3 Å². The van der Waals surface area contributed by atoms with Crippen LogP contribution in [-0.2, 0) is 4.79 Å². The van der Waals surface area contributed by atoms with Gasteiger partial charge in [-0.2, -0.15) is 0 Å². The standard InChI is InChI=1S/C22H30N4O2/c23-21-18(22(28)26-11-3-4-12-26)7-8-19(24-21)17-9-13-25(14-10-17)20(27)15-16-5-1-2-6-16/h1,5,7-8,16-17H,2-4,6,9-15H2,(H2,23,24)/t16-/m0/s1. The average molecular weight is 383 g/mol. The monoisotopic (exact) mass is 382 g/mol. The summed E-state index contributed by atoms with van der Waals surface area (Å²) < 4.78 is 0. The Morgan fingerprint density at radius 2 is 1.79 bits per heavy atom. The highest BCUT2D eigenvalue weighted by Crippen LogP contribution is 2.30. The summed E-state index contributed by atoms with van der Waals surface area (Å²) in [5.41, 5.74) is 7.60. The number of nitrogen functional groups attached to an aromatic ring is 1. The van der Waals surface area contributed by atoms with Crippen LogP contribution in [-0.4, -0.2) is 52.8 Å². The third kappa shape index (κ3) is 4.05. The molecule has 2 fully saturated rings. The van der Waals surface area contributed by atoms with E-state index in [2.05, 4.69) is 17.1 Å². The van der Waals surface area contributed by atoms with Crippen LogP contribution >= 0.6 is 0 Å². The maximum absolute atomic E-state index is 12.6. The van der Waals surface area contributed by atoms with Gasteiger partial charge in [0.05, 0.1) is 5.56 Å². The van der Waals surface area contributed by atoms with E-state index in [0.717, 1.165) is 70.4 Å². The van der Waals surface area contributed by atoms with E-state index in [1.54, 1.807) is 0 Å². The van der Waals surface area contributed by atoms with Crippen LogP contribution in [0.4, 0.5) is 5.82 Å². The minimum absolute atomic E-state index is 0.00423. The highest BCUT2D eigenvalue weighted by atomic mass is 16.2. The molecule has 150 valence electrons. The van der Waals surface area contributed by atoms with Crippen LogP contribution in [0.2, 0.25) is 0 Å². The molecule has 3 aliphatic rings. The molecule has 2 saturated heterocycles.